The molecule has 2 aromatic rings. The number of ether oxygens (including phenoxy) is 2. The number of hydrogen-bond acceptors (Lipinski definition) is 5. The number of benzene rings is 1. The fourth-order valence-corrected chi connectivity index (χ4v) is 2.59. The van der Waals surface area contributed by atoms with Crippen molar-refractivity contribution in [3.05, 3.63) is 34.4 Å². The van der Waals surface area contributed by atoms with E-state index in [1.165, 1.54) is 0 Å². The molecule has 0 amide bonds. The Morgan fingerprint density at radius 2 is 2.19 bits per heavy atom. The van der Waals surface area contributed by atoms with Crippen LogP contribution in [0, 0.1) is 0 Å². The minimum absolute atomic E-state index is 0.208. The highest BCUT2D eigenvalue weighted by Crippen LogP contribution is 2.43. The zero-order valence-corrected chi connectivity index (χ0v) is 13.7. The van der Waals surface area contributed by atoms with Gasteiger partial charge in [-0.15, -0.1) is 0 Å². The lowest BCUT2D eigenvalue weighted by Gasteiger charge is -2.18. The van der Waals surface area contributed by atoms with Crippen molar-refractivity contribution in [1.29, 1.82) is 0 Å². The Morgan fingerprint density at radius 1 is 1.38 bits per heavy atom. The molecule has 3 rings (SSSR count). The first kappa shape index (κ1) is 14.1. The lowest BCUT2D eigenvalue weighted by molar-refractivity contribution is 0.135. The third-order valence-electron chi connectivity index (χ3n) is 3.20. The van der Waals surface area contributed by atoms with Crippen LogP contribution >= 0.6 is 15.9 Å². The average Bonchev–Trinajstić information content (AvgIpc) is 2.76. The molecule has 1 aliphatic rings. The molecule has 0 radical (unpaired) electrons. The van der Waals surface area contributed by atoms with Crippen LogP contribution in [-0.4, -0.2) is 22.6 Å². The lowest BCUT2D eigenvalue weighted by atomic mass is 10.0. The summed E-state index contributed by atoms with van der Waals surface area (Å²) in [4.78, 5) is 8.42. The Hall–Kier alpha value is -1.82. The molecule has 21 heavy (non-hydrogen) atoms. The number of hydrogen-bond donors (Lipinski definition) is 1. The summed E-state index contributed by atoms with van der Waals surface area (Å²) in [6.45, 7) is 4.13. The SMILES string of the molecule is CNc1ncc(Br)c(Oc2cccc3c2OC(C)(C)C3)n1. The van der Waals surface area contributed by atoms with E-state index in [1.54, 1.807) is 13.2 Å². The molecule has 0 fully saturated rings. The number of para-hydroxylation sites is 1. The molecule has 5 nitrogen and oxygen atoms in total. The molecule has 0 atom stereocenters. The largest absolute Gasteiger partial charge is 0.483 e. The summed E-state index contributed by atoms with van der Waals surface area (Å²) in [7, 11) is 1.76. The normalized spacial score (nSPS) is 15.2. The predicted octanol–water partition coefficient (Wildman–Crippen LogP) is 3.79. The molecule has 1 N–H and O–H groups in total. The number of anilines is 1. The van der Waals surface area contributed by atoms with Gasteiger partial charge in [0.2, 0.25) is 11.8 Å². The molecule has 2 heterocycles. The second kappa shape index (κ2) is 5.18. The molecule has 1 aromatic carbocycles. The molecule has 0 saturated heterocycles. The minimum atomic E-state index is -0.208. The van der Waals surface area contributed by atoms with Gasteiger partial charge in [0, 0.05) is 19.0 Å². The maximum atomic E-state index is 5.99. The van der Waals surface area contributed by atoms with Crippen LogP contribution in [0.15, 0.2) is 28.9 Å². The predicted molar refractivity (Wildman–Crippen MR) is 84.2 cm³/mol. The van der Waals surface area contributed by atoms with Gasteiger partial charge >= 0.3 is 0 Å². The van der Waals surface area contributed by atoms with Crippen molar-refractivity contribution in [2.75, 3.05) is 12.4 Å². The van der Waals surface area contributed by atoms with Gasteiger partial charge in [0.05, 0.1) is 10.7 Å². The summed E-state index contributed by atoms with van der Waals surface area (Å²) in [5, 5.41) is 2.89. The van der Waals surface area contributed by atoms with Gasteiger partial charge in [0.1, 0.15) is 5.60 Å². The molecule has 0 saturated carbocycles. The van der Waals surface area contributed by atoms with Gasteiger partial charge < -0.3 is 14.8 Å². The van der Waals surface area contributed by atoms with Gasteiger partial charge in [-0.3, -0.25) is 0 Å². The molecule has 0 bridgehead atoms. The average molecular weight is 350 g/mol. The van der Waals surface area contributed by atoms with Crippen LogP contribution in [0.2, 0.25) is 0 Å². The number of halogens is 1. The van der Waals surface area contributed by atoms with Crippen LogP contribution in [0.3, 0.4) is 0 Å². The maximum Gasteiger partial charge on any atom is 0.238 e. The molecule has 0 unspecified atom stereocenters. The van der Waals surface area contributed by atoms with Crippen LogP contribution in [-0.2, 0) is 6.42 Å². The highest BCUT2D eigenvalue weighted by molar-refractivity contribution is 9.10. The first-order valence-electron chi connectivity index (χ1n) is 6.67. The zero-order valence-electron chi connectivity index (χ0n) is 12.1. The number of aromatic nitrogens is 2. The second-order valence-electron chi connectivity index (χ2n) is 5.48. The van der Waals surface area contributed by atoms with E-state index in [4.69, 9.17) is 9.47 Å². The summed E-state index contributed by atoms with van der Waals surface area (Å²) in [5.41, 5.74) is 0.942. The van der Waals surface area contributed by atoms with Gasteiger partial charge in [-0.05, 0) is 35.8 Å². The molecule has 1 aliphatic heterocycles. The van der Waals surface area contributed by atoms with Crippen LogP contribution in [0.1, 0.15) is 19.4 Å². The highest BCUT2D eigenvalue weighted by Gasteiger charge is 2.32. The third-order valence-corrected chi connectivity index (χ3v) is 3.74. The molecule has 0 spiro atoms. The highest BCUT2D eigenvalue weighted by atomic mass is 79.9. The summed E-state index contributed by atoms with van der Waals surface area (Å²) in [6, 6.07) is 5.91. The van der Waals surface area contributed by atoms with Gasteiger partial charge in [-0.2, -0.15) is 4.98 Å². The van der Waals surface area contributed by atoms with Crippen LogP contribution in [0.4, 0.5) is 5.95 Å². The van der Waals surface area contributed by atoms with E-state index in [2.05, 4.69) is 51.1 Å². The topological polar surface area (TPSA) is 56.3 Å². The molecular formula is C15H16BrN3O2. The summed E-state index contributed by atoms with van der Waals surface area (Å²) in [5.74, 6) is 2.41. The van der Waals surface area contributed by atoms with Crippen molar-refractivity contribution in [2.24, 2.45) is 0 Å². The third kappa shape index (κ3) is 2.81. The summed E-state index contributed by atoms with van der Waals surface area (Å²) >= 11 is 3.40. The molecule has 0 aliphatic carbocycles. The van der Waals surface area contributed by atoms with E-state index in [0.29, 0.717) is 22.1 Å². The van der Waals surface area contributed by atoms with E-state index < -0.39 is 0 Å². The Morgan fingerprint density at radius 3 is 2.95 bits per heavy atom. The molecule has 110 valence electrons. The van der Waals surface area contributed by atoms with Crippen molar-refractivity contribution in [2.45, 2.75) is 25.9 Å². The van der Waals surface area contributed by atoms with Crippen molar-refractivity contribution in [3.63, 3.8) is 0 Å². The minimum Gasteiger partial charge on any atom is -0.483 e. The van der Waals surface area contributed by atoms with Crippen LogP contribution < -0.4 is 14.8 Å². The number of fused-ring (bicyclic) bond motifs is 1. The smallest absolute Gasteiger partial charge is 0.238 e. The Balaban J connectivity index is 1.96. The van der Waals surface area contributed by atoms with Gasteiger partial charge in [-0.25, -0.2) is 4.98 Å². The Labute approximate surface area is 131 Å². The maximum absolute atomic E-state index is 5.99. The van der Waals surface area contributed by atoms with Crippen molar-refractivity contribution in [1.82, 2.24) is 9.97 Å². The molecular weight excluding hydrogens is 334 g/mol. The second-order valence-corrected chi connectivity index (χ2v) is 6.34. The summed E-state index contributed by atoms with van der Waals surface area (Å²) in [6.07, 6.45) is 2.52. The standard InChI is InChI=1S/C15H16BrN3O2/c1-15(2)7-9-5-4-6-11(12(9)21-15)20-13-10(16)8-18-14(17-3)19-13/h4-6,8H,7H2,1-3H3,(H,17,18,19). The van der Waals surface area contributed by atoms with Gasteiger partial charge in [0.25, 0.3) is 0 Å². The Kier molecular flexibility index (Phi) is 3.49. The van der Waals surface area contributed by atoms with Crippen molar-refractivity contribution < 1.29 is 9.47 Å². The van der Waals surface area contributed by atoms with Gasteiger partial charge in [-0.1, -0.05) is 12.1 Å². The fraction of sp³-hybridized carbons (Fsp3) is 0.333. The molecule has 6 heteroatoms. The fourth-order valence-electron chi connectivity index (χ4n) is 2.32. The van der Waals surface area contributed by atoms with Gasteiger partial charge in [0.15, 0.2) is 11.5 Å². The van der Waals surface area contributed by atoms with E-state index in [1.807, 2.05) is 12.1 Å². The molecule has 1 aromatic heterocycles. The Bertz CT molecular complexity index is 689. The van der Waals surface area contributed by atoms with E-state index in [9.17, 15) is 0 Å². The number of rotatable bonds is 3. The van der Waals surface area contributed by atoms with Crippen LogP contribution in [0.5, 0.6) is 17.4 Å². The quantitative estimate of drug-likeness (QED) is 0.913. The monoisotopic (exact) mass is 349 g/mol. The summed E-state index contributed by atoms with van der Waals surface area (Å²) < 4.78 is 12.6. The van der Waals surface area contributed by atoms with Crippen LogP contribution in [0.25, 0.3) is 0 Å². The number of nitrogens with one attached hydrogen (secondary N) is 1. The van der Waals surface area contributed by atoms with Crippen molar-refractivity contribution in [3.8, 4) is 17.4 Å². The zero-order chi connectivity index (χ0) is 15.0. The van der Waals surface area contributed by atoms with E-state index in [-0.39, 0.29) is 5.60 Å². The number of nitrogens with zero attached hydrogens (tertiary/aromatic N) is 2. The van der Waals surface area contributed by atoms with E-state index >= 15 is 0 Å². The first-order chi connectivity index (χ1) is 9.98. The lowest BCUT2D eigenvalue weighted by Crippen LogP contribution is -2.24. The van der Waals surface area contributed by atoms with Crippen molar-refractivity contribution >= 4 is 21.9 Å². The van der Waals surface area contributed by atoms with E-state index in [0.717, 1.165) is 17.7 Å². The first-order valence-corrected chi connectivity index (χ1v) is 7.47.